The second kappa shape index (κ2) is 9.24. The highest BCUT2D eigenvalue weighted by atomic mass is 15.5. The van der Waals surface area contributed by atoms with Gasteiger partial charge < -0.3 is 0 Å². The van der Waals surface area contributed by atoms with E-state index in [1.807, 2.05) is 36.4 Å². The molecule has 0 aliphatic carbocycles. The van der Waals surface area contributed by atoms with Crippen LogP contribution in [0.3, 0.4) is 0 Å². The molecule has 0 saturated heterocycles. The van der Waals surface area contributed by atoms with Gasteiger partial charge in [-0.1, -0.05) is 48.5 Å². The Bertz CT molecular complexity index is 1880. The molecule has 0 N–H and O–H groups in total. The number of rotatable bonds is 3. The van der Waals surface area contributed by atoms with Gasteiger partial charge in [0.2, 0.25) is 0 Å². The molecule has 194 valence electrons. The van der Waals surface area contributed by atoms with Gasteiger partial charge in [0.1, 0.15) is 17.5 Å². The number of benzene rings is 3. The molecule has 0 atom stereocenters. The first-order chi connectivity index (χ1) is 19.5. The Kier molecular flexibility index (Phi) is 5.52. The second-order valence-corrected chi connectivity index (χ2v) is 10.1. The minimum absolute atomic E-state index is 0.757. The molecule has 4 heterocycles. The second-order valence-electron chi connectivity index (χ2n) is 10.1. The number of para-hydroxylation sites is 4. The Morgan fingerprint density at radius 3 is 1.73 bits per heavy atom. The van der Waals surface area contributed by atoms with E-state index in [1.54, 1.807) is 12.5 Å². The van der Waals surface area contributed by atoms with E-state index in [4.69, 9.17) is 9.97 Å². The van der Waals surface area contributed by atoms with Gasteiger partial charge in [0.05, 0.1) is 33.5 Å². The lowest BCUT2D eigenvalue weighted by molar-refractivity contribution is 1.06. The van der Waals surface area contributed by atoms with E-state index in [9.17, 15) is 0 Å². The molecule has 5 aromatic rings. The molecule has 2 aromatic heterocycles. The van der Waals surface area contributed by atoms with E-state index >= 15 is 0 Å². The van der Waals surface area contributed by atoms with Crippen molar-refractivity contribution in [2.75, 3.05) is 9.80 Å². The Morgan fingerprint density at radius 2 is 1.18 bits per heavy atom. The summed E-state index contributed by atoms with van der Waals surface area (Å²) in [6.07, 6.45) is 9.36. The quantitative estimate of drug-likeness (QED) is 0.296. The largest absolute Gasteiger partial charge is 0.276 e. The van der Waals surface area contributed by atoms with Crippen molar-refractivity contribution in [3.63, 3.8) is 0 Å². The van der Waals surface area contributed by atoms with Crippen LogP contribution in [0.4, 0.5) is 23.0 Å². The lowest BCUT2D eigenvalue weighted by atomic mass is 10.1. The van der Waals surface area contributed by atoms with Gasteiger partial charge in [-0.2, -0.15) is 0 Å². The zero-order chi connectivity index (χ0) is 27.4. The summed E-state index contributed by atoms with van der Waals surface area (Å²) in [5, 5.41) is 1.53. The fraction of sp³-hybridized carbons (Fsp3) is 0.121. The minimum Gasteiger partial charge on any atom is -0.276 e. The molecule has 0 saturated carbocycles. The molecule has 0 bridgehead atoms. The van der Waals surface area contributed by atoms with Crippen LogP contribution in [0.15, 0.2) is 90.1 Å². The van der Waals surface area contributed by atoms with Crippen molar-refractivity contribution in [2.24, 2.45) is 4.99 Å². The molecule has 7 rings (SSSR count). The monoisotopic (exact) mass is 521 g/mol. The van der Waals surface area contributed by atoms with Gasteiger partial charge >= 0.3 is 0 Å². The van der Waals surface area contributed by atoms with Gasteiger partial charge in [-0.25, -0.2) is 19.9 Å². The summed E-state index contributed by atoms with van der Waals surface area (Å²) < 4.78 is 0. The molecule has 7 nitrogen and oxygen atoms in total. The van der Waals surface area contributed by atoms with Gasteiger partial charge in [0.25, 0.3) is 0 Å². The van der Waals surface area contributed by atoms with Crippen LogP contribution in [0, 0.1) is 27.7 Å². The number of allylic oxidation sites excluding steroid dienone is 1. The normalized spacial score (nSPS) is 14.1. The van der Waals surface area contributed by atoms with Crippen LogP contribution in [-0.4, -0.2) is 19.9 Å². The number of aryl methyl sites for hydroxylation is 4. The fourth-order valence-corrected chi connectivity index (χ4v) is 5.62. The third-order valence-corrected chi connectivity index (χ3v) is 7.45. The molecule has 40 heavy (non-hydrogen) atoms. The Labute approximate surface area is 232 Å². The number of nitrogens with zero attached hydrogens (tertiary/aromatic N) is 7. The highest BCUT2D eigenvalue weighted by molar-refractivity contribution is 5.95. The van der Waals surface area contributed by atoms with Crippen molar-refractivity contribution in [3.05, 3.63) is 124 Å². The maximum Gasteiger partial charge on any atom is 0.183 e. The SMILES string of the molecule is Cc1cccc(C)c1N1C(=C/C=c2/ncnc3c2=NC=C3)N(c2c(C)cccc2C)c2nc3ccccc3nc21. The summed E-state index contributed by atoms with van der Waals surface area (Å²) >= 11 is 0. The van der Waals surface area contributed by atoms with E-state index in [2.05, 4.69) is 94.9 Å². The van der Waals surface area contributed by atoms with Gasteiger partial charge in [-0.15, -0.1) is 0 Å². The number of hydrogen-bond acceptors (Lipinski definition) is 7. The highest BCUT2D eigenvalue weighted by Gasteiger charge is 2.38. The van der Waals surface area contributed by atoms with Crippen molar-refractivity contribution < 1.29 is 0 Å². The van der Waals surface area contributed by atoms with E-state index in [-0.39, 0.29) is 0 Å². The zero-order valence-corrected chi connectivity index (χ0v) is 22.8. The summed E-state index contributed by atoms with van der Waals surface area (Å²) in [4.78, 5) is 28.3. The average molecular weight is 522 g/mol. The zero-order valence-electron chi connectivity index (χ0n) is 22.8. The number of fused-ring (bicyclic) bond motifs is 3. The highest BCUT2D eigenvalue weighted by Crippen LogP contribution is 2.50. The third-order valence-electron chi connectivity index (χ3n) is 7.45. The minimum atomic E-state index is 0.757. The summed E-state index contributed by atoms with van der Waals surface area (Å²) in [5.41, 5.74) is 9.29. The molecule has 7 heteroatoms. The van der Waals surface area contributed by atoms with Gasteiger partial charge in [0.15, 0.2) is 11.6 Å². The molecule has 0 unspecified atom stereocenters. The Morgan fingerprint density at radius 1 is 0.625 bits per heavy atom. The molecule has 0 amide bonds. The first-order valence-electron chi connectivity index (χ1n) is 13.3. The summed E-state index contributed by atoms with van der Waals surface area (Å²) in [6, 6.07) is 20.8. The number of aromatic nitrogens is 4. The van der Waals surface area contributed by atoms with Crippen LogP contribution >= 0.6 is 0 Å². The van der Waals surface area contributed by atoms with Crippen molar-refractivity contribution in [1.29, 1.82) is 0 Å². The average Bonchev–Trinajstić information content (AvgIpc) is 3.54. The van der Waals surface area contributed by atoms with Gasteiger partial charge in [0, 0.05) is 6.20 Å². The molecule has 2 aliphatic heterocycles. The van der Waals surface area contributed by atoms with Crippen LogP contribution in [0.2, 0.25) is 0 Å². The maximum absolute atomic E-state index is 5.21. The molecular formula is C33H27N7. The first kappa shape index (κ1) is 23.9. The molecule has 0 fully saturated rings. The van der Waals surface area contributed by atoms with Crippen molar-refractivity contribution in [2.45, 2.75) is 27.7 Å². The smallest absolute Gasteiger partial charge is 0.183 e. The van der Waals surface area contributed by atoms with Crippen LogP contribution in [-0.2, 0) is 0 Å². The lowest BCUT2D eigenvalue weighted by Gasteiger charge is -2.28. The summed E-state index contributed by atoms with van der Waals surface area (Å²) in [6.45, 7) is 8.56. The van der Waals surface area contributed by atoms with Crippen LogP contribution in [0.1, 0.15) is 27.9 Å². The number of anilines is 4. The molecular weight excluding hydrogens is 494 g/mol. The van der Waals surface area contributed by atoms with Crippen molar-refractivity contribution in [3.8, 4) is 0 Å². The van der Waals surface area contributed by atoms with E-state index in [0.29, 0.717) is 0 Å². The molecule has 2 aliphatic rings. The van der Waals surface area contributed by atoms with E-state index in [0.717, 1.165) is 78.5 Å². The van der Waals surface area contributed by atoms with Crippen LogP contribution in [0.25, 0.3) is 23.2 Å². The molecule has 0 radical (unpaired) electrons. The Hall–Kier alpha value is -5.17. The van der Waals surface area contributed by atoms with Gasteiger partial charge in [-0.3, -0.25) is 14.8 Å². The summed E-state index contributed by atoms with van der Waals surface area (Å²) in [5.74, 6) is 2.49. The van der Waals surface area contributed by atoms with Gasteiger partial charge in [-0.05, 0) is 80.3 Å². The molecule has 0 spiro atoms. The van der Waals surface area contributed by atoms with Crippen LogP contribution < -0.4 is 20.5 Å². The lowest BCUT2D eigenvalue weighted by Crippen LogP contribution is -2.30. The van der Waals surface area contributed by atoms with E-state index in [1.165, 1.54) is 0 Å². The molecule has 3 aromatic carbocycles. The first-order valence-corrected chi connectivity index (χ1v) is 13.3. The van der Waals surface area contributed by atoms with Crippen molar-refractivity contribution in [1.82, 2.24) is 19.9 Å². The predicted molar refractivity (Wildman–Crippen MR) is 160 cm³/mol. The topological polar surface area (TPSA) is 70.4 Å². The van der Waals surface area contributed by atoms with E-state index < -0.39 is 0 Å². The predicted octanol–water partition coefficient (Wildman–Crippen LogP) is 5.87. The fourth-order valence-electron chi connectivity index (χ4n) is 5.62. The Balaban J connectivity index is 1.59. The maximum atomic E-state index is 5.21. The van der Waals surface area contributed by atoms with Crippen molar-refractivity contribution >= 4 is 46.2 Å². The summed E-state index contributed by atoms with van der Waals surface area (Å²) in [7, 11) is 0. The van der Waals surface area contributed by atoms with Crippen LogP contribution in [0.5, 0.6) is 0 Å². The standard InChI is InChI=1S/C33H27N7/c1-20-9-7-10-21(2)30(20)39-28(16-15-26-29-27(17-18-34-29)36-19-35-26)40(31-22(3)11-8-12-23(31)4)33-32(39)37-24-13-5-6-14-25(24)38-33/h5-19H,1-4H3/b26-15+. The third kappa shape index (κ3) is 3.70. The number of hydrogen-bond donors (Lipinski definition) is 0.